The molecule has 1 atom stereocenters. The fourth-order valence-electron chi connectivity index (χ4n) is 3.83. The highest BCUT2D eigenvalue weighted by Gasteiger charge is 2.30. The van der Waals surface area contributed by atoms with Crippen molar-refractivity contribution in [3.05, 3.63) is 52.6 Å². The predicted octanol–water partition coefficient (Wildman–Crippen LogP) is 6.20. The summed E-state index contributed by atoms with van der Waals surface area (Å²) in [6.45, 7) is 19.5. The zero-order valence-corrected chi connectivity index (χ0v) is 19.2. The van der Waals surface area contributed by atoms with Gasteiger partial charge >= 0.3 is 0 Å². The van der Waals surface area contributed by atoms with Crippen LogP contribution < -0.4 is 0 Å². The predicted molar refractivity (Wildman–Crippen MR) is 119 cm³/mol. The highest BCUT2D eigenvalue weighted by molar-refractivity contribution is 8.00. The molecular weight excluding hydrogens is 350 g/mol. The third kappa shape index (κ3) is 4.87. The molecule has 2 nitrogen and oxygen atoms in total. The van der Waals surface area contributed by atoms with Crippen LogP contribution in [0.15, 0.2) is 40.8 Å². The van der Waals surface area contributed by atoms with Crippen molar-refractivity contribution in [1.29, 1.82) is 0 Å². The maximum Gasteiger partial charge on any atom is 0.251 e. The first-order valence-corrected chi connectivity index (χ1v) is 10.8. The minimum absolute atomic E-state index is 0.0797. The fourth-order valence-corrected chi connectivity index (χ4v) is 5.07. The minimum Gasteiger partial charge on any atom is -0.334 e. The van der Waals surface area contributed by atoms with Crippen LogP contribution in [0.4, 0.5) is 0 Å². The summed E-state index contributed by atoms with van der Waals surface area (Å²) in [6.07, 6.45) is 6.15. The third-order valence-corrected chi connectivity index (χ3v) is 6.41. The molecule has 27 heavy (non-hydrogen) atoms. The summed E-state index contributed by atoms with van der Waals surface area (Å²) >= 11 is 1.79. The molecule has 0 aromatic heterocycles. The molecular formula is C24H35NOS. The first kappa shape index (κ1) is 21.8. The SMILES string of the molecule is Cc1cc(C(C)(C)C)c(C)cc1SC1C=CC=C1C(=O)N(C(C)C)C(C)C. The summed E-state index contributed by atoms with van der Waals surface area (Å²) in [4.78, 5) is 16.4. The molecule has 0 aliphatic heterocycles. The number of rotatable bonds is 5. The van der Waals surface area contributed by atoms with Gasteiger partial charge in [0.25, 0.3) is 5.91 Å². The molecule has 1 aromatic rings. The van der Waals surface area contributed by atoms with Gasteiger partial charge in [-0.25, -0.2) is 0 Å². The Kier molecular flexibility index (Phi) is 6.68. The maximum absolute atomic E-state index is 13.2. The normalized spacial score (nSPS) is 17.0. The van der Waals surface area contributed by atoms with Crippen LogP contribution in [0.25, 0.3) is 0 Å². The molecule has 0 heterocycles. The van der Waals surface area contributed by atoms with Crippen LogP contribution in [0.2, 0.25) is 0 Å². The van der Waals surface area contributed by atoms with Gasteiger partial charge in [-0.15, -0.1) is 11.8 Å². The summed E-state index contributed by atoms with van der Waals surface area (Å²) in [5, 5.41) is 0.0797. The highest BCUT2D eigenvalue weighted by Crippen LogP contribution is 2.38. The molecule has 0 radical (unpaired) electrons. The van der Waals surface area contributed by atoms with Gasteiger partial charge in [-0.05, 0) is 69.7 Å². The average Bonchev–Trinajstić information content (AvgIpc) is 2.96. The quantitative estimate of drug-likeness (QED) is 0.601. The molecule has 2 rings (SSSR count). The standard InChI is InChI=1S/C24H35NOS/c1-15(2)25(16(3)4)23(26)19-11-10-12-21(19)27-22-14-17(5)20(13-18(22)6)24(7,8)9/h10-16,21H,1-9H3. The molecule has 1 amide bonds. The van der Waals surface area contributed by atoms with Crippen molar-refractivity contribution in [2.75, 3.05) is 0 Å². The van der Waals surface area contributed by atoms with E-state index in [0.717, 1.165) is 5.57 Å². The van der Waals surface area contributed by atoms with Gasteiger partial charge in [0.15, 0.2) is 0 Å². The summed E-state index contributed by atoms with van der Waals surface area (Å²) in [5.41, 5.74) is 5.03. The van der Waals surface area contributed by atoms with Gasteiger partial charge in [0.1, 0.15) is 0 Å². The monoisotopic (exact) mass is 385 g/mol. The number of hydrogen-bond donors (Lipinski definition) is 0. The Labute approximate surface area is 170 Å². The molecule has 0 bridgehead atoms. The van der Waals surface area contributed by atoms with Crippen molar-refractivity contribution >= 4 is 17.7 Å². The second-order valence-electron chi connectivity index (χ2n) is 9.13. The number of allylic oxidation sites excluding steroid dienone is 2. The van der Waals surface area contributed by atoms with Crippen LogP contribution in [0, 0.1) is 13.8 Å². The van der Waals surface area contributed by atoms with Gasteiger partial charge in [-0.1, -0.05) is 45.1 Å². The Morgan fingerprint density at radius 3 is 2.15 bits per heavy atom. The molecule has 0 saturated carbocycles. The number of hydrogen-bond acceptors (Lipinski definition) is 2. The van der Waals surface area contributed by atoms with Crippen LogP contribution in [0.1, 0.15) is 65.2 Å². The number of benzene rings is 1. The Bertz CT molecular complexity index is 757. The minimum atomic E-state index is 0.0797. The molecule has 0 N–H and O–H groups in total. The van der Waals surface area contributed by atoms with E-state index in [4.69, 9.17) is 0 Å². The van der Waals surface area contributed by atoms with E-state index < -0.39 is 0 Å². The van der Waals surface area contributed by atoms with Crippen LogP contribution in [0.3, 0.4) is 0 Å². The number of aryl methyl sites for hydroxylation is 2. The Balaban J connectivity index is 2.28. The van der Waals surface area contributed by atoms with Crippen molar-refractivity contribution in [1.82, 2.24) is 4.90 Å². The van der Waals surface area contributed by atoms with Gasteiger partial charge in [-0.3, -0.25) is 4.79 Å². The number of nitrogens with zero attached hydrogens (tertiary/aromatic N) is 1. The zero-order valence-electron chi connectivity index (χ0n) is 18.4. The molecule has 1 aromatic carbocycles. The zero-order chi connectivity index (χ0) is 20.5. The van der Waals surface area contributed by atoms with E-state index in [0.29, 0.717) is 0 Å². The largest absolute Gasteiger partial charge is 0.334 e. The smallest absolute Gasteiger partial charge is 0.251 e. The average molecular weight is 386 g/mol. The second-order valence-corrected chi connectivity index (χ2v) is 10.3. The lowest BCUT2D eigenvalue weighted by molar-refractivity contribution is -0.130. The van der Waals surface area contributed by atoms with Crippen molar-refractivity contribution in [2.24, 2.45) is 0 Å². The summed E-state index contributed by atoms with van der Waals surface area (Å²) in [6, 6.07) is 4.99. The third-order valence-electron chi connectivity index (χ3n) is 5.05. The summed E-state index contributed by atoms with van der Waals surface area (Å²) in [7, 11) is 0. The molecule has 1 aliphatic carbocycles. The van der Waals surface area contributed by atoms with E-state index in [9.17, 15) is 4.79 Å². The van der Waals surface area contributed by atoms with E-state index >= 15 is 0 Å². The Morgan fingerprint density at radius 1 is 1.04 bits per heavy atom. The molecule has 3 heteroatoms. The lowest BCUT2D eigenvalue weighted by Crippen LogP contribution is -2.43. The van der Waals surface area contributed by atoms with Gasteiger partial charge in [0.2, 0.25) is 0 Å². The van der Waals surface area contributed by atoms with Gasteiger partial charge in [-0.2, -0.15) is 0 Å². The second kappa shape index (κ2) is 8.26. The van der Waals surface area contributed by atoms with Crippen molar-refractivity contribution < 1.29 is 4.79 Å². The highest BCUT2D eigenvalue weighted by atomic mass is 32.2. The van der Waals surface area contributed by atoms with E-state index in [1.165, 1.54) is 21.6 Å². The molecule has 0 saturated heterocycles. The first-order valence-electron chi connectivity index (χ1n) is 9.93. The number of carbonyl (C=O) groups excluding carboxylic acids is 1. The van der Waals surface area contributed by atoms with Crippen molar-refractivity contribution in [3.8, 4) is 0 Å². The summed E-state index contributed by atoms with van der Waals surface area (Å²) < 4.78 is 0. The van der Waals surface area contributed by atoms with E-state index in [2.05, 4.69) is 80.5 Å². The molecule has 0 spiro atoms. The van der Waals surface area contributed by atoms with Crippen molar-refractivity contribution in [2.45, 2.75) is 90.0 Å². The maximum atomic E-state index is 13.2. The number of carbonyl (C=O) groups is 1. The van der Waals surface area contributed by atoms with Gasteiger partial charge in [0, 0.05) is 22.6 Å². The molecule has 0 fully saturated rings. The van der Waals surface area contributed by atoms with Crippen LogP contribution in [0.5, 0.6) is 0 Å². The van der Waals surface area contributed by atoms with Crippen LogP contribution in [-0.4, -0.2) is 28.1 Å². The molecule has 1 unspecified atom stereocenters. The number of thioether (sulfide) groups is 1. The molecule has 148 valence electrons. The topological polar surface area (TPSA) is 20.3 Å². The van der Waals surface area contributed by atoms with Crippen molar-refractivity contribution in [3.63, 3.8) is 0 Å². The van der Waals surface area contributed by atoms with E-state index in [1.807, 2.05) is 17.1 Å². The van der Waals surface area contributed by atoms with Crippen LogP contribution >= 0.6 is 11.8 Å². The fraction of sp³-hybridized carbons (Fsp3) is 0.542. The molecule has 1 aliphatic rings. The Morgan fingerprint density at radius 2 is 1.63 bits per heavy atom. The lowest BCUT2D eigenvalue weighted by atomic mass is 9.83. The van der Waals surface area contributed by atoms with Gasteiger partial charge < -0.3 is 4.90 Å². The Hall–Kier alpha value is -1.48. The van der Waals surface area contributed by atoms with E-state index in [-0.39, 0.29) is 28.7 Å². The number of amides is 1. The van der Waals surface area contributed by atoms with Crippen LogP contribution in [-0.2, 0) is 10.2 Å². The van der Waals surface area contributed by atoms with E-state index in [1.54, 1.807) is 11.8 Å². The summed E-state index contributed by atoms with van der Waals surface area (Å²) in [5.74, 6) is 0.156. The van der Waals surface area contributed by atoms with Gasteiger partial charge in [0.05, 0.1) is 5.25 Å². The lowest BCUT2D eigenvalue weighted by Gasteiger charge is -2.32. The first-order chi connectivity index (χ1) is 12.4.